The molecule has 0 aliphatic heterocycles. The third kappa shape index (κ3) is 10.7. The monoisotopic (exact) mass is 123 g/mol. The average molecular weight is 124 g/mol. The summed E-state index contributed by atoms with van der Waals surface area (Å²) >= 11 is 0. The Hall–Kier alpha value is -0.240. The van der Waals surface area contributed by atoms with Gasteiger partial charge in [-0.3, -0.25) is 5.41 Å². The van der Waals surface area contributed by atoms with E-state index >= 15 is 0 Å². The largest absolute Gasteiger partial charge is 0.482 e. The van der Waals surface area contributed by atoms with Crippen LogP contribution in [0, 0.1) is 5.41 Å². The lowest BCUT2D eigenvalue weighted by Crippen LogP contribution is -1.94. The van der Waals surface area contributed by atoms with E-state index in [0.717, 1.165) is 0 Å². The molecule has 0 saturated heterocycles. The number of hydrogen-bond donors (Lipinski definition) is 1. The summed E-state index contributed by atoms with van der Waals surface area (Å²) in [5.41, 5.74) is 0. The molecule has 0 amide bonds. The van der Waals surface area contributed by atoms with Gasteiger partial charge in [0.2, 0.25) is 0 Å². The van der Waals surface area contributed by atoms with Crippen LogP contribution in [0.25, 0.3) is 0 Å². The molecule has 0 aromatic carbocycles. The highest BCUT2D eigenvalue weighted by Crippen LogP contribution is 1.70. The summed E-state index contributed by atoms with van der Waals surface area (Å²) in [6.07, 6.45) is 0. The van der Waals surface area contributed by atoms with Crippen LogP contribution in [0.5, 0.6) is 0 Å². The van der Waals surface area contributed by atoms with Crippen molar-refractivity contribution in [1.29, 1.82) is 5.41 Å². The smallest absolute Gasteiger partial charge is 0.177 e. The first-order valence-electron chi connectivity index (χ1n) is 1.95. The van der Waals surface area contributed by atoms with Gasteiger partial charge in [-0.15, -0.1) is 12.4 Å². The maximum Gasteiger partial charge on any atom is 0.177 e. The van der Waals surface area contributed by atoms with Crippen molar-refractivity contribution in [3.8, 4) is 0 Å². The van der Waals surface area contributed by atoms with Crippen molar-refractivity contribution in [2.75, 3.05) is 6.61 Å². The number of nitrogens with one attached hydrogen (secondary N) is 1. The van der Waals surface area contributed by atoms with Gasteiger partial charge in [0, 0.05) is 6.92 Å². The lowest BCUT2D eigenvalue weighted by molar-refractivity contribution is 0.321. The summed E-state index contributed by atoms with van der Waals surface area (Å²) in [4.78, 5) is 0. The molecule has 0 aromatic rings. The summed E-state index contributed by atoms with van der Waals surface area (Å²) < 4.78 is 4.62. The molecule has 2 nitrogen and oxygen atoms in total. The molecular weight excluding hydrogens is 114 g/mol. The molecule has 0 aliphatic carbocycles. The predicted octanol–water partition coefficient (Wildman–Crippen LogP) is 1.44. The lowest BCUT2D eigenvalue weighted by Gasteiger charge is -1.93. The average Bonchev–Trinajstić information content (AvgIpc) is 1.35. The zero-order valence-electron chi connectivity index (χ0n) is 4.52. The Morgan fingerprint density at radius 1 is 1.71 bits per heavy atom. The minimum absolute atomic E-state index is 0. The number of halogens is 1. The number of hydrogen-bond acceptors (Lipinski definition) is 2. The van der Waals surface area contributed by atoms with E-state index in [-0.39, 0.29) is 18.3 Å². The molecule has 0 aromatic heterocycles. The Kier molecular flexibility index (Phi) is 8.15. The molecule has 0 radical (unpaired) electrons. The fourth-order valence-electron chi connectivity index (χ4n) is 0.217. The Morgan fingerprint density at radius 3 is 2.14 bits per heavy atom. The van der Waals surface area contributed by atoms with Gasteiger partial charge in [0.1, 0.15) is 0 Å². The first kappa shape index (κ1) is 9.90. The SMILES string of the molecule is CCOC(C)=N.Cl. The molecule has 44 valence electrons. The minimum atomic E-state index is 0. The summed E-state index contributed by atoms with van der Waals surface area (Å²) in [5.74, 6) is 0.289. The molecule has 0 unspecified atom stereocenters. The van der Waals surface area contributed by atoms with Crippen molar-refractivity contribution in [2.24, 2.45) is 0 Å². The van der Waals surface area contributed by atoms with Crippen LogP contribution < -0.4 is 0 Å². The summed E-state index contributed by atoms with van der Waals surface area (Å²) in [7, 11) is 0. The van der Waals surface area contributed by atoms with E-state index < -0.39 is 0 Å². The maximum absolute atomic E-state index is 6.67. The van der Waals surface area contributed by atoms with Gasteiger partial charge < -0.3 is 4.74 Å². The molecule has 0 saturated carbocycles. The van der Waals surface area contributed by atoms with Crippen molar-refractivity contribution in [1.82, 2.24) is 0 Å². The van der Waals surface area contributed by atoms with Crippen molar-refractivity contribution < 1.29 is 4.74 Å². The Bertz CT molecular complexity index is 55.7. The molecule has 0 atom stereocenters. The highest BCUT2D eigenvalue weighted by atomic mass is 35.5. The van der Waals surface area contributed by atoms with Crippen LogP contribution in [0.4, 0.5) is 0 Å². The van der Waals surface area contributed by atoms with Gasteiger partial charge in [0.05, 0.1) is 6.61 Å². The molecule has 0 heterocycles. The summed E-state index contributed by atoms with van der Waals surface area (Å²) in [5, 5.41) is 6.67. The van der Waals surface area contributed by atoms with E-state index in [1.165, 1.54) is 0 Å². The molecule has 0 spiro atoms. The normalized spacial score (nSPS) is 6.57. The van der Waals surface area contributed by atoms with Gasteiger partial charge in [0.25, 0.3) is 0 Å². The summed E-state index contributed by atoms with van der Waals surface area (Å²) in [6.45, 7) is 4.08. The van der Waals surface area contributed by atoms with Crippen LogP contribution >= 0.6 is 12.4 Å². The van der Waals surface area contributed by atoms with Crippen LogP contribution in [0.3, 0.4) is 0 Å². The molecular formula is C4H10ClNO. The quantitative estimate of drug-likeness (QED) is 0.416. The Balaban J connectivity index is 0. The van der Waals surface area contributed by atoms with Crippen molar-refractivity contribution in [3.05, 3.63) is 0 Å². The van der Waals surface area contributed by atoms with Gasteiger partial charge in [-0.1, -0.05) is 0 Å². The van der Waals surface area contributed by atoms with Crippen molar-refractivity contribution in [3.63, 3.8) is 0 Å². The van der Waals surface area contributed by atoms with E-state index in [4.69, 9.17) is 5.41 Å². The predicted molar refractivity (Wildman–Crippen MR) is 32.3 cm³/mol. The first-order valence-corrected chi connectivity index (χ1v) is 1.95. The highest BCUT2D eigenvalue weighted by Gasteiger charge is 1.75. The molecule has 3 heteroatoms. The zero-order chi connectivity index (χ0) is 4.99. The number of ether oxygens (including phenoxy) is 1. The van der Waals surface area contributed by atoms with Gasteiger partial charge in [0.15, 0.2) is 5.90 Å². The molecule has 0 fully saturated rings. The van der Waals surface area contributed by atoms with Gasteiger partial charge in [-0.2, -0.15) is 0 Å². The van der Waals surface area contributed by atoms with Crippen molar-refractivity contribution >= 4 is 18.3 Å². The topological polar surface area (TPSA) is 33.1 Å². The van der Waals surface area contributed by atoms with Gasteiger partial charge in [-0.05, 0) is 6.92 Å². The lowest BCUT2D eigenvalue weighted by atomic mass is 10.7. The first-order chi connectivity index (χ1) is 2.77. The van der Waals surface area contributed by atoms with Crippen LogP contribution in [-0.2, 0) is 4.74 Å². The minimum Gasteiger partial charge on any atom is -0.482 e. The summed E-state index contributed by atoms with van der Waals surface area (Å²) in [6, 6.07) is 0. The molecule has 0 rings (SSSR count). The number of rotatable bonds is 1. The standard InChI is InChI=1S/C4H9NO.ClH/c1-3-6-4(2)5;/h5H,3H2,1-2H3;1H. The molecule has 7 heavy (non-hydrogen) atoms. The molecule has 1 N–H and O–H groups in total. The Morgan fingerprint density at radius 2 is 2.14 bits per heavy atom. The third-order valence-corrected chi connectivity index (χ3v) is 0.361. The Labute approximate surface area is 49.8 Å². The fraction of sp³-hybridized carbons (Fsp3) is 0.750. The van der Waals surface area contributed by atoms with E-state index in [9.17, 15) is 0 Å². The third-order valence-electron chi connectivity index (χ3n) is 0.361. The van der Waals surface area contributed by atoms with Crippen LogP contribution in [0.15, 0.2) is 0 Å². The highest BCUT2D eigenvalue weighted by molar-refractivity contribution is 5.85. The van der Waals surface area contributed by atoms with E-state index in [0.29, 0.717) is 6.61 Å². The second-order valence-electron chi connectivity index (χ2n) is 0.989. The molecule has 0 aliphatic rings. The zero-order valence-corrected chi connectivity index (χ0v) is 5.34. The van der Waals surface area contributed by atoms with E-state index in [2.05, 4.69) is 4.74 Å². The molecule has 0 bridgehead atoms. The second-order valence-corrected chi connectivity index (χ2v) is 0.989. The maximum atomic E-state index is 6.67. The van der Waals surface area contributed by atoms with Crippen molar-refractivity contribution in [2.45, 2.75) is 13.8 Å². The van der Waals surface area contributed by atoms with E-state index in [1.54, 1.807) is 6.92 Å². The van der Waals surface area contributed by atoms with E-state index in [1.807, 2.05) is 6.92 Å². The van der Waals surface area contributed by atoms with Crippen LogP contribution in [0.2, 0.25) is 0 Å². The van der Waals surface area contributed by atoms with Gasteiger partial charge >= 0.3 is 0 Å². The van der Waals surface area contributed by atoms with Crippen LogP contribution in [-0.4, -0.2) is 12.5 Å². The second kappa shape index (κ2) is 5.76. The fourth-order valence-corrected chi connectivity index (χ4v) is 0.217. The van der Waals surface area contributed by atoms with Gasteiger partial charge in [-0.25, -0.2) is 0 Å². The van der Waals surface area contributed by atoms with Crippen LogP contribution in [0.1, 0.15) is 13.8 Å².